The summed E-state index contributed by atoms with van der Waals surface area (Å²) >= 11 is 6.15. The highest BCUT2D eigenvalue weighted by molar-refractivity contribution is 9.09. The van der Waals surface area contributed by atoms with Crippen LogP contribution in [-0.2, 0) is 8.37 Å². The zero-order valence-corrected chi connectivity index (χ0v) is 9.93. The Kier molecular flexibility index (Phi) is 10.1. The van der Waals surface area contributed by atoms with Gasteiger partial charge in [-0.15, -0.1) is 0 Å². The molecule has 11 heavy (non-hydrogen) atoms. The van der Waals surface area contributed by atoms with Crippen molar-refractivity contribution in [3.8, 4) is 0 Å². The molecule has 0 fully saturated rings. The second-order valence-corrected chi connectivity index (χ2v) is 4.25. The first-order valence-electron chi connectivity index (χ1n) is 3.47. The van der Waals surface area contributed by atoms with E-state index < -0.39 is 0 Å². The fraction of sp³-hybridized carbons (Fsp3) is 1.00. The van der Waals surface area contributed by atoms with E-state index in [4.69, 9.17) is 8.37 Å². The van der Waals surface area contributed by atoms with Gasteiger partial charge in [0.15, 0.2) is 6.29 Å². The summed E-state index contributed by atoms with van der Waals surface area (Å²) in [5.41, 5.74) is 0. The third kappa shape index (κ3) is 7.46. The Bertz CT molecular complexity index is 77.0. The summed E-state index contributed by atoms with van der Waals surface area (Å²) in [5, 5.41) is 0.715. The SMILES string of the molecule is CCSOC(CBr)OSCC. The number of alkyl halides is 1. The van der Waals surface area contributed by atoms with Gasteiger partial charge in [-0.05, 0) is 24.1 Å². The Morgan fingerprint density at radius 2 is 1.64 bits per heavy atom. The van der Waals surface area contributed by atoms with E-state index in [1.54, 1.807) is 0 Å². The van der Waals surface area contributed by atoms with Gasteiger partial charge in [-0.2, -0.15) is 0 Å². The van der Waals surface area contributed by atoms with Crippen LogP contribution >= 0.6 is 40.0 Å². The van der Waals surface area contributed by atoms with Gasteiger partial charge in [0.05, 0.1) is 5.33 Å². The second kappa shape index (κ2) is 9.19. The van der Waals surface area contributed by atoms with E-state index in [1.165, 1.54) is 24.1 Å². The van der Waals surface area contributed by atoms with Crippen LogP contribution in [0, 0.1) is 0 Å². The molecule has 0 heterocycles. The molecule has 0 spiro atoms. The smallest absolute Gasteiger partial charge is 0.193 e. The lowest BCUT2D eigenvalue weighted by molar-refractivity contribution is 0.0667. The van der Waals surface area contributed by atoms with Crippen molar-refractivity contribution in [1.29, 1.82) is 0 Å². The quantitative estimate of drug-likeness (QED) is 0.398. The van der Waals surface area contributed by atoms with E-state index >= 15 is 0 Å². The largest absolute Gasteiger partial charge is 0.282 e. The first-order chi connectivity index (χ1) is 5.35. The number of hydrogen-bond donors (Lipinski definition) is 0. The van der Waals surface area contributed by atoms with E-state index in [1.807, 2.05) is 13.8 Å². The second-order valence-electron chi connectivity index (χ2n) is 1.59. The lowest BCUT2D eigenvalue weighted by Crippen LogP contribution is -2.11. The highest BCUT2D eigenvalue weighted by Gasteiger charge is 2.07. The molecule has 0 aliphatic carbocycles. The molecule has 0 aromatic rings. The van der Waals surface area contributed by atoms with Crippen LogP contribution in [0.15, 0.2) is 0 Å². The summed E-state index contributed by atoms with van der Waals surface area (Å²) in [4.78, 5) is 0. The van der Waals surface area contributed by atoms with Crippen LogP contribution in [-0.4, -0.2) is 23.1 Å². The Labute approximate surface area is 85.3 Å². The normalized spacial score (nSPS) is 10.9. The molecule has 0 aromatic carbocycles. The summed E-state index contributed by atoms with van der Waals surface area (Å²) in [5.74, 6) is 1.90. The first-order valence-corrected chi connectivity index (χ1v) is 6.41. The molecule has 0 bridgehead atoms. The Balaban J connectivity index is 3.25. The summed E-state index contributed by atoms with van der Waals surface area (Å²) in [6, 6.07) is 0. The molecule has 0 aliphatic rings. The van der Waals surface area contributed by atoms with Crippen LogP contribution in [0.4, 0.5) is 0 Å². The molecular formula is C6H13BrO2S2. The van der Waals surface area contributed by atoms with Crippen molar-refractivity contribution in [3.05, 3.63) is 0 Å². The van der Waals surface area contributed by atoms with Crippen molar-refractivity contribution in [2.24, 2.45) is 0 Å². The molecule has 2 nitrogen and oxygen atoms in total. The van der Waals surface area contributed by atoms with Crippen molar-refractivity contribution in [3.63, 3.8) is 0 Å². The topological polar surface area (TPSA) is 18.5 Å². The van der Waals surface area contributed by atoms with Gasteiger partial charge < -0.3 is 0 Å². The summed E-state index contributed by atoms with van der Waals surface area (Å²) in [6.07, 6.45) is -0.134. The molecule has 5 heteroatoms. The highest BCUT2D eigenvalue weighted by atomic mass is 79.9. The zero-order valence-electron chi connectivity index (χ0n) is 6.71. The molecule has 0 radical (unpaired) electrons. The van der Waals surface area contributed by atoms with Crippen LogP contribution in [0.5, 0.6) is 0 Å². The summed E-state index contributed by atoms with van der Waals surface area (Å²) in [6.45, 7) is 4.09. The first kappa shape index (κ1) is 12.1. The van der Waals surface area contributed by atoms with Crippen LogP contribution in [0.2, 0.25) is 0 Å². The average Bonchev–Trinajstić information content (AvgIpc) is 2.05. The fourth-order valence-corrected chi connectivity index (χ4v) is 1.81. The van der Waals surface area contributed by atoms with Gasteiger partial charge in [0.1, 0.15) is 0 Å². The predicted molar refractivity (Wildman–Crippen MR) is 56.0 cm³/mol. The summed E-state index contributed by atoms with van der Waals surface area (Å²) < 4.78 is 10.5. The van der Waals surface area contributed by atoms with Crippen molar-refractivity contribution in [1.82, 2.24) is 0 Å². The molecule has 0 aliphatic heterocycles. The standard InChI is InChI=1S/C6H13BrO2S2/c1-3-10-8-6(5-7)9-11-4-2/h6H,3-5H2,1-2H3. The van der Waals surface area contributed by atoms with Gasteiger partial charge in [-0.3, -0.25) is 8.37 Å². The molecular weight excluding hydrogens is 248 g/mol. The maximum Gasteiger partial charge on any atom is 0.193 e. The Morgan fingerprint density at radius 1 is 1.18 bits per heavy atom. The van der Waals surface area contributed by atoms with Crippen LogP contribution < -0.4 is 0 Å². The van der Waals surface area contributed by atoms with Crippen molar-refractivity contribution < 1.29 is 8.37 Å². The molecule has 0 saturated heterocycles. The highest BCUT2D eigenvalue weighted by Crippen LogP contribution is 2.15. The molecule has 0 aromatic heterocycles. The van der Waals surface area contributed by atoms with Gasteiger partial charge >= 0.3 is 0 Å². The number of rotatable bonds is 7. The Morgan fingerprint density at radius 3 is 1.91 bits per heavy atom. The average molecular weight is 261 g/mol. The van der Waals surface area contributed by atoms with Gasteiger partial charge in [-0.25, -0.2) is 0 Å². The molecule has 0 unspecified atom stereocenters. The molecule has 0 rings (SSSR count). The predicted octanol–water partition coefficient (Wildman–Crippen LogP) is 3.08. The Hall–Kier alpha value is 1.10. The van der Waals surface area contributed by atoms with Crippen molar-refractivity contribution in [2.45, 2.75) is 20.1 Å². The molecule has 0 atom stereocenters. The van der Waals surface area contributed by atoms with Crippen molar-refractivity contribution >= 4 is 40.0 Å². The van der Waals surface area contributed by atoms with Crippen LogP contribution in [0.25, 0.3) is 0 Å². The third-order valence-electron chi connectivity index (χ3n) is 0.712. The minimum Gasteiger partial charge on any atom is -0.282 e. The van der Waals surface area contributed by atoms with Gasteiger partial charge in [0, 0.05) is 11.5 Å². The minimum absolute atomic E-state index is 0.134. The van der Waals surface area contributed by atoms with E-state index in [9.17, 15) is 0 Å². The maximum atomic E-state index is 5.27. The van der Waals surface area contributed by atoms with Crippen LogP contribution in [0.3, 0.4) is 0 Å². The van der Waals surface area contributed by atoms with Crippen molar-refractivity contribution in [2.75, 3.05) is 16.8 Å². The molecule has 68 valence electrons. The van der Waals surface area contributed by atoms with Crippen LogP contribution in [0.1, 0.15) is 13.8 Å². The summed E-state index contributed by atoms with van der Waals surface area (Å²) in [7, 11) is 0. The third-order valence-corrected chi connectivity index (χ3v) is 2.41. The molecule has 0 saturated carbocycles. The minimum atomic E-state index is -0.134. The van der Waals surface area contributed by atoms with Gasteiger partial charge in [0.2, 0.25) is 0 Å². The molecule has 0 N–H and O–H groups in total. The van der Waals surface area contributed by atoms with Gasteiger partial charge in [0.25, 0.3) is 0 Å². The zero-order chi connectivity index (χ0) is 8.53. The number of hydrogen-bond acceptors (Lipinski definition) is 4. The lowest BCUT2D eigenvalue weighted by atomic mass is 10.8. The lowest BCUT2D eigenvalue weighted by Gasteiger charge is -2.11. The van der Waals surface area contributed by atoms with E-state index in [-0.39, 0.29) is 6.29 Å². The van der Waals surface area contributed by atoms with Gasteiger partial charge in [-0.1, -0.05) is 29.8 Å². The fourth-order valence-electron chi connectivity index (χ4n) is 0.355. The van der Waals surface area contributed by atoms with E-state index in [2.05, 4.69) is 15.9 Å². The van der Waals surface area contributed by atoms with E-state index in [0.717, 1.165) is 11.5 Å². The monoisotopic (exact) mass is 260 g/mol. The number of halogens is 1. The maximum absolute atomic E-state index is 5.27. The van der Waals surface area contributed by atoms with E-state index in [0.29, 0.717) is 5.33 Å². The molecule has 0 amide bonds.